The fourth-order valence-electron chi connectivity index (χ4n) is 7.36. The third-order valence-electron chi connectivity index (χ3n) is 9.30. The van der Waals surface area contributed by atoms with Crippen LogP contribution in [0, 0.1) is 17.8 Å². The molecule has 0 radical (unpaired) electrons. The number of aliphatic hydroxyl groups is 1. The zero-order chi connectivity index (χ0) is 31.0. The summed E-state index contributed by atoms with van der Waals surface area (Å²) < 4.78 is 12.5. The van der Waals surface area contributed by atoms with E-state index in [1.54, 1.807) is 26.9 Å². The van der Waals surface area contributed by atoms with Gasteiger partial charge >= 0.3 is 0 Å². The lowest BCUT2D eigenvalue weighted by Crippen LogP contribution is -2.60. The van der Waals surface area contributed by atoms with Crippen molar-refractivity contribution in [2.75, 3.05) is 37.7 Å². The van der Waals surface area contributed by atoms with Crippen LogP contribution in [0.4, 0.5) is 5.69 Å². The lowest BCUT2D eigenvalue weighted by Gasteiger charge is -2.42. The molecule has 6 atom stereocenters. The zero-order valence-corrected chi connectivity index (χ0v) is 26.0. The number of carbonyl (C=O) groups is 3. The molecule has 3 saturated heterocycles. The SMILES string of the molecule is C=CCN(C(=O)[C@H]1[C@H]2C(=O)N(CCCO)C(C(=O)N(CC=C)C(C)(C)C)C23CC(C)[C@]1(C)O3)c1ccc(OCC)cc1. The highest BCUT2D eigenvalue weighted by molar-refractivity contribution is 6.03. The summed E-state index contributed by atoms with van der Waals surface area (Å²) in [6.45, 7) is 20.6. The van der Waals surface area contributed by atoms with Crippen LogP contribution in [0.2, 0.25) is 0 Å². The van der Waals surface area contributed by atoms with Gasteiger partial charge in [-0.15, -0.1) is 13.2 Å². The Bertz CT molecular complexity index is 1210. The first-order valence-electron chi connectivity index (χ1n) is 15.0. The summed E-state index contributed by atoms with van der Waals surface area (Å²) in [5, 5.41) is 9.67. The highest BCUT2D eigenvalue weighted by Crippen LogP contribution is 2.65. The summed E-state index contributed by atoms with van der Waals surface area (Å²) in [6.07, 6.45) is 4.14. The summed E-state index contributed by atoms with van der Waals surface area (Å²) in [5.74, 6) is -1.76. The van der Waals surface area contributed by atoms with Crippen molar-refractivity contribution >= 4 is 23.4 Å². The maximum Gasteiger partial charge on any atom is 0.249 e. The molecule has 1 spiro atoms. The summed E-state index contributed by atoms with van der Waals surface area (Å²) in [7, 11) is 0. The van der Waals surface area contributed by atoms with Crippen LogP contribution in [0.5, 0.6) is 5.75 Å². The predicted molar refractivity (Wildman–Crippen MR) is 162 cm³/mol. The molecular formula is C33H47N3O6. The number of likely N-dealkylation sites (tertiary alicyclic amines) is 1. The molecule has 1 N–H and O–H groups in total. The van der Waals surface area contributed by atoms with Crippen molar-refractivity contribution in [2.24, 2.45) is 17.8 Å². The van der Waals surface area contributed by atoms with Gasteiger partial charge in [0.2, 0.25) is 17.7 Å². The number of benzene rings is 1. The minimum atomic E-state index is -1.17. The van der Waals surface area contributed by atoms with Gasteiger partial charge in [0.25, 0.3) is 0 Å². The van der Waals surface area contributed by atoms with Crippen molar-refractivity contribution in [3.8, 4) is 5.75 Å². The second-order valence-corrected chi connectivity index (χ2v) is 12.9. The van der Waals surface area contributed by atoms with Gasteiger partial charge in [-0.05, 0) is 77.6 Å². The van der Waals surface area contributed by atoms with Crippen LogP contribution < -0.4 is 9.64 Å². The molecule has 3 aliphatic heterocycles. The molecule has 2 bridgehead atoms. The van der Waals surface area contributed by atoms with Gasteiger partial charge in [0.1, 0.15) is 17.4 Å². The Kier molecular flexibility index (Phi) is 8.95. The molecule has 0 saturated carbocycles. The van der Waals surface area contributed by atoms with Crippen LogP contribution in [-0.2, 0) is 19.1 Å². The lowest BCUT2D eigenvalue weighted by molar-refractivity contribution is -0.155. The summed E-state index contributed by atoms with van der Waals surface area (Å²) in [6, 6.07) is 6.38. The molecule has 1 aromatic rings. The Hall–Kier alpha value is -3.17. The minimum Gasteiger partial charge on any atom is -0.494 e. The summed E-state index contributed by atoms with van der Waals surface area (Å²) in [5.41, 5.74) is -1.99. The van der Waals surface area contributed by atoms with Crippen molar-refractivity contribution in [2.45, 2.75) is 77.2 Å². The molecule has 9 nitrogen and oxygen atoms in total. The van der Waals surface area contributed by atoms with Crippen LogP contribution >= 0.6 is 0 Å². The van der Waals surface area contributed by atoms with Gasteiger partial charge in [0.15, 0.2) is 0 Å². The molecule has 0 aromatic heterocycles. The smallest absolute Gasteiger partial charge is 0.249 e. The minimum absolute atomic E-state index is 0.0861. The molecule has 4 rings (SSSR count). The van der Waals surface area contributed by atoms with E-state index >= 15 is 0 Å². The van der Waals surface area contributed by atoms with Crippen molar-refractivity contribution in [1.29, 1.82) is 0 Å². The number of ether oxygens (including phenoxy) is 2. The van der Waals surface area contributed by atoms with Gasteiger partial charge in [0.05, 0.1) is 24.0 Å². The molecule has 3 fully saturated rings. The number of carbonyl (C=O) groups excluding carboxylic acids is 3. The van der Waals surface area contributed by atoms with Gasteiger partial charge in [0, 0.05) is 37.5 Å². The number of anilines is 1. The number of hydrogen-bond donors (Lipinski definition) is 1. The van der Waals surface area contributed by atoms with E-state index in [2.05, 4.69) is 13.2 Å². The van der Waals surface area contributed by atoms with E-state index in [-0.39, 0.29) is 43.3 Å². The first-order valence-corrected chi connectivity index (χ1v) is 15.0. The van der Waals surface area contributed by atoms with Gasteiger partial charge in [-0.3, -0.25) is 14.4 Å². The van der Waals surface area contributed by atoms with E-state index in [1.165, 1.54) is 0 Å². The first-order chi connectivity index (χ1) is 19.8. The molecule has 0 aliphatic carbocycles. The van der Waals surface area contributed by atoms with E-state index in [9.17, 15) is 19.5 Å². The normalized spacial score (nSPS) is 29.8. The highest BCUT2D eigenvalue weighted by atomic mass is 16.5. The highest BCUT2D eigenvalue weighted by Gasteiger charge is 2.80. The van der Waals surface area contributed by atoms with E-state index in [4.69, 9.17) is 9.47 Å². The Morgan fingerprint density at radius 1 is 1.17 bits per heavy atom. The number of nitrogens with zero attached hydrogens (tertiary/aromatic N) is 3. The number of amides is 3. The van der Waals surface area contributed by atoms with Crippen molar-refractivity contribution in [1.82, 2.24) is 9.80 Å². The molecular weight excluding hydrogens is 534 g/mol. The average molecular weight is 582 g/mol. The second kappa shape index (κ2) is 11.8. The zero-order valence-electron chi connectivity index (χ0n) is 26.0. The van der Waals surface area contributed by atoms with Crippen LogP contribution in [0.15, 0.2) is 49.6 Å². The number of hydrogen-bond acceptors (Lipinski definition) is 6. The molecule has 1 aromatic carbocycles. The van der Waals surface area contributed by atoms with Crippen molar-refractivity contribution in [3.63, 3.8) is 0 Å². The van der Waals surface area contributed by atoms with Gasteiger partial charge in [-0.25, -0.2) is 0 Å². The number of rotatable bonds is 12. The molecule has 3 amide bonds. The number of aliphatic hydroxyl groups excluding tert-OH is 1. The molecule has 230 valence electrons. The standard InChI is InChI=1S/C33H47N3O6/c1-9-17-34(23-13-15-24(16-14-23)41-11-3)28(38)25-26-29(39)35(19-12-20-37)27(30(40)36(18-10-2)31(5,6)7)33(26)21-22(4)32(25,8)42-33/h9-10,13-16,22,25-27,37H,1-2,11-12,17-21H2,3-8H3/t22?,25-,26+,27?,32+,33?/m1/s1. The van der Waals surface area contributed by atoms with Crippen LogP contribution in [-0.4, -0.2) is 88.3 Å². The Balaban J connectivity index is 1.81. The Labute approximate surface area is 250 Å². The predicted octanol–water partition coefficient (Wildman–Crippen LogP) is 3.81. The van der Waals surface area contributed by atoms with E-state index in [1.807, 2.05) is 65.8 Å². The summed E-state index contributed by atoms with van der Waals surface area (Å²) in [4.78, 5) is 48.4. The third-order valence-corrected chi connectivity index (χ3v) is 9.30. The lowest BCUT2D eigenvalue weighted by atomic mass is 9.62. The molecule has 3 heterocycles. The van der Waals surface area contributed by atoms with Crippen LogP contribution in [0.3, 0.4) is 0 Å². The van der Waals surface area contributed by atoms with Crippen LogP contribution in [0.25, 0.3) is 0 Å². The van der Waals surface area contributed by atoms with E-state index < -0.39 is 34.6 Å². The quantitative estimate of drug-likeness (QED) is 0.377. The van der Waals surface area contributed by atoms with Crippen molar-refractivity contribution < 1.29 is 29.0 Å². The number of fused-ring (bicyclic) bond motifs is 1. The van der Waals surface area contributed by atoms with E-state index in [0.717, 1.165) is 0 Å². The van der Waals surface area contributed by atoms with E-state index in [0.29, 0.717) is 37.4 Å². The summed E-state index contributed by atoms with van der Waals surface area (Å²) >= 11 is 0. The molecule has 42 heavy (non-hydrogen) atoms. The maximum absolute atomic E-state index is 14.6. The van der Waals surface area contributed by atoms with Crippen LogP contribution in [0.1, 0.15) is 54.4 Å². The molecule has 9 heteroatoms. The van der Waals surface area contributed by atoms with Gasteiger partial charge < -0.3 is 29.3 Å². The Morgan fingerprint density at radius 2 is 1.81 bits per heavy atom. The Morgan fingerprint density at radius 3 is 2.36 bits per heavy atom. The maximum atomic E-state index is 14.6. The monoisotopic (exact) mass is 581 g/mol. The van der Waals surface area contributed by atoms with Gasteiger partial charge in [-0.1, -0.05) is 19.1 Å². The topological polar surface area (TPSA) is 99.6 Å². The average Bonchev–Trinajstić information content (AvgIpc) is 3.45. The van der Waals surface area contributed by atoms with Crippen molar-refractivity contribution in [3.05, 3.63) is 49.6 Å². The fourth-order valence-corrected chi connectivity index (χ4v) is 7.36. The second-order valence-electron chi connectivity index (χ2n) is 12.9. The third kappa shape index (κ3) is 5.04. The molecule has 3 aliphatic rings. The van der Waals surface area contributed by atoms with Gasteiger partial charge in [-0.2, -0.15) is 0 Å². The molecule has 3 unspecified atom stereocenters. The fraction of sp³-hybridized carbons (Fsp3) is 0.606. The first kappa shape index (κ1) is 31.8. The largest absolute Gasteiger partial charge is 0.494 e.